The first kappa shape index (κ1) is 25.6. The van der Waals surface area contributed by atoms with Crippen molar-refractivity contribution in [2.45, 2.75) is 50.4 Å². The maximum Gasteiger partial charge on any atom is 0.440 e. The lowest BCUT2D eigenvalue weighted by Gasteiger charge is -2.32. The van der Waals surface area contributed by atoms with E-state index < -0.39 is 23.7 Å². The normalized spacial score (nSPS) is 19.7. The van der Waals surface area contributed by atoms with Gasteiger partial charge < -0.3 is 10.8 Å². The maximum atomic E-state index is 14.6. The molecule has 9 nitrogen and oxygen atoms in total. The number of benzene rings is 2. The highest BCUT2D eigenvalue weighted by molar-refractivity contribution is 6.06. The molecule has 3 aromatic rings. The molecule has 192 valence electrons. The number of carbonyl (C=O) groups excluding carboxylic acids is 2. The van der Waals surface area contributed by atoms with Gasteiger partial charge in [0.2, 0.25) is 11.9 Å². The molecular formula is C24H27F3N5O4+. The fourth-order valence-electron chi connectivity index (χ4n) is 5.14. The number of nitrogens with zero attached hydrogens (tertiary/aromatic N) is 2. The van der Waals surface area contributed by atoms with Crippen molar-refractivity contribution >= 4 is 34.5 Å². The summed E-state index contributed by atoms with van der Waals surface area (Å²) in [6, 6.07) is 11.5. The summed E-state index contributed by atoms with van der Waals surface area (Å²) in [4.78, 5) is 29.8. The molecule has 2 amide bonds. The van der Waals surface area contributed by atoms with Crippen LogP contribution in [0.1, 0.15) is 38.5 Å². The number of rotatable bonds is 6. The Bertz CT molecular complexity index is 1290. The number of quaternary nitrogens is 1. The molecule has 0 bridgehead atoms. The van der Waals surface area contributed by atoms with Gasteiger partial charge in [-0.25, -0.2) is 10.2 Å². The van der Waals surface area contributed by atoms with E-state index in [1.54, 1.807) is 36.4 Å². The number of hydrogen-bond donors (Lipinski definition) is 4. The third-order valence-electron chi connectivity index (χ3n) is 6.93. The number of nitrogens with two attached hydrogens (primary N) is 1. The van der Waals surface area contributed by atoms with E-state index in [9.17, 15) is 22.8 Å². The third kappa shape index (κ3) is 4.10. The Balaban J connectivity index is 0.00000304. The summed E-state index contributed by atoms with van der Waals surface area (Å²) >= 11 is 0. The van der Waals surface area contributed by atoms with Crippen LogP contribution in [-0.4, -0.2) is 38.2 Å². The van der Waals surface area contributed by atoms with Gasteiger partial charge in [-0.1, -0.05) is 37.8 Å². The highest BCUT2D eigenvalue weighted by Crippen LogP contribution is 2.45. The number of carbonyl (C=O) groups is 2. The molecule has 36 heavy (non-hydrogen) atoms. The number of halogens is 3. The first-order valence-electron chi connectivity index (χ1n) is 11.5. The number of hydrogen-bond acceptors (Lipinski definition) is 4. The van der Waals surface area contributed by atoms with Crippen molar-refractivity contribution in [3.63, 3.8) is 0 Å². The Labute approximate surface area is 204 Å². The van der Waals surface area contributed by atoms with E-state index in [1.165, 1.54) is 6.07 Å². The molecule has 0 spiro atoms. The zero-order valence-electron chi connectivity index (χ0n) is 19.2. The van der Waals surface area contributed by atoms with Crippen molar-refractivity contribution in [3.8, 4) is 11.1 Å². The molecule has 1 aliphatic carbocycles. The monoisotopic (exact) mass is 506 g/mol. The lowest BCUT2D eigenvalue weighted by Crippen LogP contribution is -2.73. The average molecular weight is 507 g/mol. The summed E-state index contributed by atoms with van der Waals surface area (Å²) in [5.41, 5.74) is -0.263. The van der Waals surface area contributed by atoms with Crippen LogP contribution < -0.4 is 16.1 Å². The van der Waals surface area contributed by atoms with Crippen molar-refractivity contribution in [1.82, 2.24) is 14.9 Å². The fraction of sp³-hybridized carbons (Fsp3) is 0.375. The molecule has 1 aromatic heterocycles. The number of amides is 2. The van der Waals surface area contributed by atoms with Gasteiger partial charge in [0.1, 0.15) is 0 Å². The summed E-state index contributed by atoms with van der Waals surface area (Å²) in [7, 11) is 0. The first-order chi connectivity index (χ1) is 16.7. The summed E-state index contributed by atoms with van der Waals surface area (Å²) in [6.07, 6.45) is -0.651. The summed E-state index contributed by atoms with van der Waals surface area (Å²) in [5.74, 6) is -2.18. The lowest BCUT2D eigenvalue weighted by molar-refractivity contribution is -0.825. The number of para-hydroxylation sites is 1. The number of anilines is 1. The van der Waals surface area contributed by atoms with E-state index in [0.29, 0.717) is 29.2 Å². The lowest BCUT2D eigenvalue weighted by atomic mass is 10.0. The fourth-order valence-corrected chi connectivity index (χ4v) is 5.14. The zero-order valence-corrected chi connectivity index (χ0v) is 19.2. The van der Waals surface area contributed by atoms with Gasteiger partial charge in [0.25, 0.3) is 11.6 Å². The van der Waals surface area contributed by atoms with Crippen LogP contribution in [0.2, 0.25) is 0 Å². The van der Waals surface area contributed by atoms with E-state index in [2.05, 4.69) is 10.3 Å². The Kier molecular flexibility index (Phi) is 6.78. The predicted molar refractivity (Wildman–Crippen MR) is 124 cm³/mol. The molecule has 1 atom stereocenters. The molecule has 2 heterocycles. The Morgan fingerprint density at radius 2 is 1.89 bits per heavy atom. The van der Waals surface area contributed by atoms with Crippen LogP contribution in [0.5, 0.6) is 0 Å². The molecule has 1 unspecified atom stereocenters. The third-order valence-corrected chi connectivity index (χ3v) is 6.93. The van der Waals surface area contributed by atoms with E-state index in [1.807, 2.05) is 5.32 Å². The topological polar surface area (TPSA) is 144 Å². The second-order valence-electron chi connectivity index (χ2n) is 9.09. The highest BCUT2D eigenvalue weighted by atomic mass is 19.4. The van der Waals surface area contributed by atoms with Crippen molar-refractivity contribution in [2.24, 2.45) is 5.92 Å². The second-order valence-corrected chi connectivity index (χ2v) is 9.09. The van der Waals surface area contributed by atoms with Gasteiger partial charge >= 0.3 is 6.18 Å². The van der Waals surface area contributed by atoms with Gasteiger partial charge in [0.15, 0.2) is 5.69 Å². The standard InChI is InChI=1S/C24H24F3N5O3.H2O/c25-24(26,27)23(30-19(33)13-8-14-4-1-2-5-14)21(34)29-22-28-20-17(6-3-7-18(20)32(22)23)15-9-11-16(31-35)12-10-15;/h3,6-7,9-12,14,31,35H,1-2,4-5,8,13H2,(H,30,33)(H,28,29,34);1H2/p+1. The van der Waals surface area contributed by atoms with Gasteiger partial charge in [0.05, 0.1) is 11.0 Å². The number of aromatic nitrogens is 2. The smallest absolute Gasteiger partial charge is 0.412 e. The van der Waals surface area contributed by atoms with Gasteiger partial charge in [-0.05, 0) is 36.1 Å². The van der Waals surface area contributed by atoms with Crippen LogP contribution in [0.3, 0.4) is 0 Å². The minimum Gasteiger partial charge on any atom is -0.412 e. The highest BCUT2D eigenvalue weighted by Gasteiger charge is 2.67. The van der Waals surface area contributed by atoms with Crippen molar-refractivity contribution in [2.75, 3.05) is 5.32 Å². The number of nitrogens with one attached hydrogen (secondary N) is 2. The van der Waals surface area contributed by atoms with E-state index in [0.717, 1.165) is 35.7 Å². The predicted octanol–water partition coefficient (Wildman–Crippen LogP) is 2.72. The number of alkyl halides is 3. The van der Waals surface area contributed by atoms with Crippen molar-refractivity contribution in [1.29, 1.82) is 0 Å². The van der Waals surface area contributed by atoms with Crippen molar-refractivity contribution in [3.05, 3.63) is 42.5 Å². The van der Waals surface area contributed by atoms with Crippen LogP contribution in [0.15, 0.2) is 42.5 Å². The van der Waals surface area contributed by atoms with Gasteiger partial charge in [-0.2, -0.15) is 18.7 Å². The molecule has 12 heteroatoms. The average Bonchev–Trinajstić information content (AvgIpc) is 3.53. The Hall–Kier alpha value is -3.48. The molecule has 0 saturated heterocycles. The van der Waals surface area contributed by atoms with Gasteiger partial charge in [-0.3, -0.25) is 19.5 Å². The van der Waals surface area contributed by atoms with Gasteiger partial charge in [0, 0.05) is 24.1 Å². The summed E-state index contributed by atoms with van der Waals surface area (Å²) in [6.45, 7) is 0. The van der Waals surface area contributed by atoms with E-state index in [-0.39, 0.29) is 28.9 Å². The first-order valence-corrected chi connectivity index (χ1v) is 11.5. The number of fused-ring (bicyclic) bond motifs is 3. The largest absolute Gasteiger partial charge is 0.440 e. The minimum atomic E-state index is -5.12. The maximum absolute atomic E-state index is 14.6. The van der Waals surface area contributed by atoms with Crippen LogP contribution in [-0.2, 0) is 15.3 Å². The number of imidazole rings is 1. The van der Waals surface area contributed by atoms with Gasteiger partial charge in [-0.15, -0.1) is 0 Å². The summed E-state index contributed by atoms with van der Waals surface area (Å²) < 4.78 is 44.6. The molecule has 2 aliphatic rings. The minimum absolute atomic E-state index is 0. The molecule has 1 saturated carbocycles. The Morgan fingerprint density at radius 3 is 2.53 bits per heavy atom. The quantitative estimate of drug-likeness (QED) is 0.301. The molecule has 1 fully saturated rings. The van der Waals surface area contributed by atoms with Crippen LogP contribution in [0.25, 0.3) is 22.2 Å². The molecule has 0 radical (unpaired) electrons. The molecular weight excluding hydrogens is 479 g/mol. The molecule has 2 aromatic carbocycles. The SMILES string of the molecule is O.O=C(CCC1CCCC1)NC1(C(F)(F)F)C(=O)Nc2nc3c(-c4ccc([NH2+]O)cc4)cccc3n21. The summed E-state index contributed by atoms with van der Waals surface area (Å²) in [5, 5.41) is 13.4. The molecule has 5 rings (SSSR count). The molecule has 1 aliphatic heterocycles. The molecule has 7 N–H and O–H groups in total. The van der Waals surface area contributed by atoms with Crippen LogP contribution in [0.4, 0.5) is 24.8 Å². The Morgan fingerprint density at radius 1 is 1.19 bits per heavy atom. The second kappa shape index (κ2) is 9.52. The zero-order chi connectivity index (χ0) is 24.8. The van der Waals surface area contributed by atoms with Crippen LogP contribution in [0, 0.1) is 5.92 Å². The van der Waals surface area contributed by atoms with E-state index in [4.69, 9.17) is 5.21 Å². The van der Waals surface area contributed by atoms with Crippen molar-refractivity contribution < 1.29 is 38.9 Å². The van der Waals surface area contributed by atoms with E-state index >= 15 is 0 Å². The van der Waals surface area contributed by atoms with Crippen LogP contribution >= 0.6 is 0 Å².